The third-order valence-electron chi connectivity index (χ3n) is 5.93. The van der Waals surface area contributed by atoms with Crippen molar-refractivity contribution in [3.8, 4) is 0 Å². The molecule has 0 spiro atoms. The topological polar surface area (TPSA) is 137 Å². The summed E-state index contributed by atoms with van der Waals surface area (Å²) in [4.78, 5) is 38.5. The van der Waals surface area contributed by atoms with Crippen LogP contribution in [0.4, 0.5) is 4.39 Å². The van der Waals surface area contributed by atoms with E-state index in [1.54, 1.807) is 18.7 Å². The highest BCUT2D eigenvalue weighted by Crippen LogP contribution is 2.27. The first-order valence-electron chi connectivity index (χ1n) is 10.4. The maximum absolute atomic E-state index is 14.4. The van der Waals surface area contributed by atoms with E-state index in [1.807, 2.05) is 6.92 Å². The number of nitrogens with two attached hydrogens (primary N) is 1. The van der Waals surface area contributed by atoms with Crippen molar-refractivity contribution >= 4 is 23.6 Å². The zero-order chi connectivity index (χ0) is 23.3. The SMILES string of the molecule is CCC(C(=O)N1CCC(CC(=O)O)CC1)C(C)(C)NC(=O)c1ccc(C(=N)N)cc1F. The molecule has 2 amide bonds. The van der Waals surface area contributed by atoms with Gasteiger partial charge in [-0.15, -0.1) is 0 Å². The van der Waals surface area contributed by atoms with Crippen LogP contribution < -0.4 is 11.1 Å². The van der Waals surface area contributed by atoms with E-state index in [4.69, 9.17) is 16.2 Å². The zero-order valence-electron chi connectivity index (χ0n) is 18.2. The molecule has 1 aromatic carbocycles. The minimum Gasteiger partial charge on any atom is -0.481 e. The summed E-state index contributed by atoms with van der Waals surface area (Å²) in [5.74, 6) is -3.13. The number of benzene rings is 1. The van der Waals surface area contributed by atoms with Crippen LogP contribution in [0, 0.1) is 23.1 Å². The van der Waals surface area contributed by atoms with Gasteiger partial charge in [0.1, 0.15) is 11.7 Å². The summed E-state index contributed by atoms with van der Waals surface area (Å²) in [6.45, 7) is 6.29. The number of nitrogens with one attached hydrogen (secondary N) is 2. The second-order valence-electron chi connectivity index (χ2n) is 8.61. The molecule has 9 heteroatoms. The standard InChI is InChI=1S/C22H31FN4O4/c1-4-16(21(31)27-9-7-13(8-10-27)11-18(28)29)22(2,3)26-20(30)15-6-5-14(19(24)25)12-17(15)23/h5-6,12-13,16H,4,7-11H2,1-3H3,(H3,24,25)(H,26,30)(H,28,29). The van der Waals surface area contributed by atoms with Crippen LogP contribution in [0.15, 0.2) is 18.2 Å². The van der Waals surface area contributed by atoms with E-state index in [0.717, 1.165) is 6.07 Å². The fourth-order valence-corrected chi connectivity index (χ4v) is 4.13. The molecule has 2 rings (SSSR count). The highest BCUT2D eigenvalue weighted by Gasteiger charge is 2.39. The van der Waals surface area contributed by atoms with Crippen molar-refractivity contribution in [2.45, 2.75) is 52.0 Å². The number of amides is 2. The first kappa shape index (κ1) is 24.3. The van der Waals surface area contributed by atoms with Crippen LogP contribution in [0.5, 0.6) is 0 Å². The van der Waals surface area contributed by atoms with Gasteiger partial charge in [-0.1, -0.05) is 13.0 Å². The lowest BCUT2D eigenvalue weighted by Crippen LogP contribution is -2.55. The Balaban J connectivity index is 2.08. The number of hydrogen-bond acceptors (Lipinski definition) is 4. The highest BCUT2D eigenvalue weighted by molar-refractivity contribution is 5.98. The minimum absolute atomic E-state index is 0.0651. The quantitative estimate of drug-likeness (QED) is 0.368. The summed E-state index contributed by atoms with van der Waals surface area (Å²) in [6.07, 6.45) is 1.85. The molecule has 0 saturated carbocycles. The number of piperidine rings is 1. The molecule has 0 radical (unpaired) electrons. The molecule has 1 unspecified atom stereocenters. The summed E-state index contributed by atoms with van der Waals surface area (Å²) >= 11 is 0. The van der Waals surface area contributed by atoms with Crippen molar-refractivity contribution in [2.24, 2.45) is 17.6 Å². The Bertz CT molecular complexity index is 863. The number of carbonyl (C=O) groups is 3. The van der Waals surface area contributed by atoms with Crippen molar-refractivity contribution in [3.05, 3.63) is 35.1 Å². The van der Waals surface area contributed by atoms with E-state index in [2.05, 4.69) is 5.32 Å². The van der Waals surface area contributed by atoms with Crippen LogP contribution in [-0.4, -0.2) is 52.3 Å². The Morgan fingerprint density at radius 1 is 1.32 bits per heavy atom. The average molecular weight is 435 g/mol. The number of aliphatic carboxylic acids is 1. The van der Waals surface area contributed by atoms with E-state index >= 15 is 0 Å². The number of amidine groups is 1. The lowest BCUT2D eigenvalue weighted by Gasteiger charge is -2.39. The third kappa shape index (κ3) is 6.02. The van der Waals surface area contributed by atoms with E-state index < -0.39 is 29.2 Å². The molecule has 1 saturated heterocycles. The summed E-state index contributed by atoms with van der Waals surface area (Å²) in [6, 6.07) is 3.71. The molecule has 0 aliphatic carbocycles. The van der Waals surface area contributed by atoms with Gasteiger partial charge in [0.2, 0.25) is 5.91 Å². The molecule has 1 heterocycles. The van der Waals surface area contributed by atoms with Gasteiger partial charge < -0.3 is 21.1 Å². The van der Waals surface area contributed by atoms with E-state index in [9.17, 15) is 18.8 Å². The fraction of sp³-hybridized carbons (Fsp3) is 0.545. The summed E-state index contributed by atoms with van der Waals surface area (Å²) in [5.41, 5.74) is 4.41. The van der Waals surface area contributed by atoms with Gasteiger partial charge in [-0.2, -0.15) is 0 Å². The maximum Gasteiger partial charge on any atom is 0.303 e. The van der Waals surface area contributed by atoms with Gasteiger partial charge in [0, 0.05) is 30.6 Å². The lowest BCUT2D eigenvalue weighted by atomic mass is 9.83. The molecular formula is C22H31FN4O4. The number of rotatable bonds is 8. The lowest BCUT2D eigenvalue weighted by molar-refractivity contribution is -0.140. The predicted molar refractivity (Wildman–Crippen MR) is 114 cm³/mol. The number of nitrogens with zero attached hydrogens (tertiary/aromatic N) is 1. The monoisotopic (exact) mass is 434 g/mol. The van der Waals surface area contributed by atoms with Gasteiger partial charge in [0.25, 0.3) is 5.91 Å². The van der Waals surface area contributed by atoms with E-state index in [-0.39, 0.29) is 35.2 Å². The van der Waals surface area contributed by atoms with Crippen molar-refractivity contribution in [1.82, 2.24) is 10.2 Å². The number of carbonyl (C=O) groups excluding carboxylic acids is 2. The number of nitrogen functional groups attached to an aromatic ring is 1. The van der Waals surface area contributed by atoms with E-state index in [1.165, 1.54) is 12.1 Å². The average Bonchev–Trinajstić information content (AvgIpc) is 2.67. The van der Waals surface area contributed by atoms with Gasteiger partial charge in [0.15, 0.2) is 0 Å². The third-order valence-corrected chi connectivity index (χ3v) is 5.93. The van der Waals surface area contributed by atoms with Crippen LogP contribution in [0.3, 0.4) is 0 Å². The number of carboxylic acid groups (broad SMARTS) is 1. The second kappa shape index (κ2) is 9.89. The van der Waals surface area contributed by atoms with Crippen molar-refractivity contribution < 1.29 is 23.9 Å². The first-order valence-corrected chi connectivity index (χ1v) is 10.4. The van der Waals surface area contributed by atoms with Crippen LogP contribution in [0.2, 0.25) is 0 Å². The zero-order valence-corrected chi connectivity index (χ0v) is 18.2. The van der Waals surface area contributed by atoms with Gasteiger partial charge in [-0.25, -0.2) is 4.39 Å². The van der Waals surface area contributed by atoms with Crippen LogP contribution >= 0.6 is 0 Å². The number of hydrogen-bond donors (Lipinski definition) is 4. The van der Waals surface area contributed by atoms with Gasteiger partial charge >= 0.3 is 5.97 Å². The van der Waals surface area contributed by atoms with E-state index in [0.29, 0.717) is 32.4 Å². The van der Waals surface area contributed by atoms with Crippen LogP contribution in [0.25, 0.3) is 0 Å². The molecule has 8 nitrogen and oxygen atoms in total. The number of likely N-dealkylation sites (tertiary alicyclic amines) is 1. The summed E-state index contributed by atoms with van der Waals surface area (Å²) in [7, 11) is 0. The largest absolute Gasteiger partial charge is 0.481 e. The Labute approximate surface area is 181 Å². The van der Waals surface area contributed by atoms with Crippen molar-refractivity contribution in [3.63, 3.8) is 0 Å². The summed E-state index contributed by atoms with van der Waals surface area (Å²) in [5, 5.41) is 19.1. The summed E-state index contributed by atoms with van der Waals surface area (Å²) < 4.78 is 14.4. The Morgan fingerprint density at radius 3 is 2.42 bits per heavy atom. The first-order chi connectivity index (χ1) is 14.5. The van der Waals surface area contributed by atoms with Crippen molar-refractivity contribution in [1.29, 1.82) is 5.41 Å². The van der Waals surface area contributed by atoms with Gasteiger partial charge in [0.05, 0.1) is 11.5 Å². The predicted octanol–water partition coefficient (Wildman–Crippen LogP) is 2.36. The highest BCUT2D eigenvalue weighted by atomic mass is 19.1. The van der Waals surface area contributed by atoms with Gasteiger partial charge in [-0.3, -0.25) is 19.8 Å². The van der Waals surface area contributed by atoms with Crippen LogP contribution in [-0.2, 0) is 9.59 Å². The van der Waals surface area contributed by atoms with Crippen molar-refractivity contribution in [2.75, 3.05) is 13.1 Å². The molecule has 1 atom stereocenters. The molecule has 1 aliphatic rings. The van der Waals surface area contributed by atoms with Crippen LogP contribution in [0.1, 0.15) is 62.4 Å². The molecule has 1 fully saturated rings. The second-order valence-corrected chi connectivity index (χ2v) is 8.61. The number of halogens is 1. The minimum atomic E-state index is -0.938. The molecule has 170 valence electrons. The molecule has 0 bridgehead atoms. The van der Waals surface area contributed by atoms with Gasteiger partial charge in [-0.05, 0) is 51.2 Å². The molecule has 31 heavy (non-hydrogen) atoms. The molecular weight excluding hydrogens is 403 g/mol. The maximum atomic E-state index is 14.4. The molecule has 1 aliphatic heterocycles. The Morgan fingerprint density at radius 2 is 1.94 bits per heavy atom. The molecule has 1 aromatic rings. The Hall–Kier alpha value is -2.97. The molecule has 0 aromatic heterocycles. The normalized spacial score (nSPS) is 15.9. The number of carboxylic acids is 1. The smallest absolute Gasteiger partial charge is 0.303 e. The Kier molecular flexibility index (Phi) is 7.75. The molecule has 5 N–H and O–H groups in total. The fourth-order valence-electron chi connectivity index (χ4n) is 4.13.